The average Bonchev–Trinajstić information content (AvgIpc) is 3.04. The van der Waals surface area contributed by atoms with Gasteiger partial charge in [0.15, 0.2) is 0 Å². The molecule has 0 spiro atoms. The Balaban J connectivity index is 1.89. The van der Waals surface area contributed by atoms with Gasteiger partial charge in [-0.3, -0.25) is 0 Å². The van der Waals surface area contributed by atoms with E-state index in [-0.39, 0.29) is 0 Å². The van der Waals surface area contributed by atoms with Gasteiger partial charge in [0, 0.05) is 31.6 Å². The van der Waals surface area contributed by atoms with Gasteiger partial charge in [-0.25, -0.2) is 9.97 Å². The lowest BCUT2D eigenvalue weighted by Gasteiger charge is -2.27. The zero-order chi connectivity index (χ0) is 14.5. The Kier molecular flexibility index (Phi) is 4.62. The van der Waals surface area contributed by atoms with E-state index in [2.05, 4.69) is 26.3 Å². The van der Waals surface area contributed by atoms with E-state index in [1.807, 2.05) is 18.2 Å². The number of methoxy groups -OCH3 is 1. The van der Waals surface area contributed by atoms with Crippen LogP contribution in [0.5, 0.6) is 0 Å². The molecule has 21 heavy (non-hydrogen) atoms. The average molecular weight is 286 g/mol. The van der Waals surface area contributed by atoms with Crippen LogP contribution >= 0.6 is 0 Å². The summed E-state index contributed by atoms with van der Waals surface area (Å²) >= 11 is 0. The molecule has 1 atom stereocenters. The van der Waals surface area contributed by atoms with Crippen LogP contribution in [0.4, 0.5) is 5.82 Å². The van der Waals surface area contributed by atoms with Gasteiger partial charge in [-0.1, -0.05) is 12.1 Å². The number of hydrogen-bond acceptors (Lipinski definition) is 5. The molecule has 0 aliphatic carbocycles. The summed E-state index contributed by atoms with van der Waals surface area (Å²) in [6.45, 7) is 3.62. The molecule has 1 aliphatic rings. The van der Waals surface area contributed by atoms with Crippen LogP contribution in [0.25, 0.3) is 10.9 Å². The van der Waals surface area contributed by atoms with Gasteiger partial charge in [0.1, 0.15) is 12.1 Å². The van der Waals surface area contributed by atoms with Crippen molar-refractivity contribution >= 4 is 16.7 Å². The van der Waals surface area contributed by atoms with Gasteiger partial charge in [-0.05, 0) is 31.5 Å². The van der Waals surface area contributed by atoms with Crippen LogP contribution in [-0.2, 0) is 4.74 Å². The highest BCUT2D eigenvalue weighted by Gasteiger charge is 2.20. The van der Waals surface area contributed by atoms with Gasteiger partial charge in [0.25, 0.3) is 0 Å². The van der Waals surface area contributed by atoms with Crippen molar-refractivity contribution in [1.29, 1.82) is 0 Å². The summed E-state index contributed by atoms with van der Waals surface area (Å²) in [7, 11) is 1.74. The van der Waals surface area contributed by atoms with Gasteiger partial charge in [-0.15, -0.1) is 0 Å². The predicted octanol–water partition coefficient (Wildman–Crippen LogP) is 1.83. The maximum atomic E-state index is 5.26. The summed E-state index contributed by atoms with van der Waals surface area (Å²) in [5, 5.41) is 4.66. The SMILES string of the molecule is COCCN(CC1CCCN1)c1ncnc2ccccc12. The van der Waals surface area contributed by atoms with E-state index in [0.29, 0.717) is 12.6 Å². The molecule has 5 nitrogen and oxygen atoms in total. The fraction of sp³-hybridized carbons (Fsp3) is 0.500. The number of aromatic nitrogens is 2. The van der Waals surface area contributed by atoms with E-state index >= 15 is 0 Å². The minimum Gasteiger partial charge on any atom is -0.383 e. The van der Waals surface area contributed by atoms with Crippen molar-refractivity contribution in [2.24, 2.45) is 0 Å². The van der Waals surface area contributed by atoms with Crippen molar-refractivity contribution in [3.8, 4) is 0 Å². The summed E-state index contributed by atoms with van der Waals surface area (Å²) < 4.78 is 5.26. The van der Waals surface area contributed by atoms with E-state index in [1.54, 1.807) is 13.4 Å². The second-order valence-electron chi connectivity index (χ2n) is 5.45. The Bertz CT molecular complexity index is 578. The summed E-state index contributed by atoms with van der Waals surface area (Å²) in [4.78, 5) is 11.2. The van der Waals surface area contributed by atoms with Crippen LogP contribution in [0, 0.1) is 0 Å². The smallest absolute Gasteiger partial charge is 0.140 e. The third kappa shape index (κ3) is 3.31. The van der Waals surface area contributed by atoms with Crippen molar-refractivity contribution in [2.45, 2.75) is 18.9 Å². The summed E-state index contributed by atoms with van der Waals surface area (Å²) in [6.07, 6.45) is 4.14. The molecule has 112 valence electrons. The zero-order valence-electron chi connectivity index (χ0n) is 12.5. The highest BCUT2D eigenvalue weighted by atomic mass is 16.5. The molecule has 1 N–H and O–H groups in total. The monoisotopic (exact) mass is 286 g/mol. The molecule has 1 fully saturated rings. The topological polar surface area (TPSA) is 50.3 Å². The van der Waals surface area contributed by atoms with Crippen LogP contribution in [0.15, 0.2) is 30.6 Å². The largest absolute Gasteiger partial charge is 0.383 e. The van der Waals surface area contributed by atoms with E-state index in [9.17, 15) is 0 Å². The quantitative estimate of drug-likeness (QED) is 0.878. The Morgan fingerprint density at radius 2 is 2.24 bits per heavy atom. The molecule has 0 radical (unpaired) electrons. The van der Waals surface area contributed by atoms with Gasteiger partial charge in [0.05, 0.1) is 12.1 Å². The minimum atomic E-state index is 0.538. The Labute approximate surface area is 125 Å². The number of ether oxygens (including phenoxy) is 1. The third-order valence-corrected chi connectivity index (χ3v) is 3.99. The van der Waals surface area contributed by atoms with E-state index in [0.717, 1.165) is 36.4 Å². The van der Waals surface area contributed by atoms with Gasteiger partial charge < -0.3 is 15.0 Å². The number of fused-ring (bicyclic) bond motifs is 1. The fourth-order valence-corrected chi connectivity index (χ4v) is 2.91. The lowest BCUT2D eigenvalue weighted by Crippen LogP contribution is -2.39. The molecule has 0 bridgehead atoms. The lowest BCUT2D eigenvalue weighted by atomic mass is 10.2. The number of benzene rings is 1. The molecule has 1 aromatic heterocycles. The van der Waals surface area contributed by atoms with E-state index in [4.69, 9.17) is 4.74 Å². The number of hydrogen-bond donors (Lipinski definition) is 1. The van der Waals surface area contributed by atoms with Crippen LogP contribution in [-0.4, -0.2) is 49.4 Å². The lowest BCUT2D eigenvalue weighted by molar-refractivity contribution is 0.204. The summed E-state index contributed by atoms with van der Waals surface area (Å²) in [6, 6.07) is 8.71. The molecule has 1 aliphatic heterocycles. The standard InChI is InChI=1S/C16H22N4O/c1-21-10-9-20(11-13-5-4-8-17-13)16-14-6-2-3-7-15(14)18-12-19-16/h2-3,6-7,12-13,17H,4-5,8-11H2,1H3. The molecule has 1 aromatic carbocycles. The van der Waals surface area contributed by atoms with Crippen LogP contribution in [0.1, 0.15) is 12.8 Å². The van der Waals surface area contributed by atoms with Crippen LogP contribution < -0.4 is 10.2 Å². The summed E-state index contributed by atoms with van der Waals surface area (Å²) in [5.41, 5.74) is 0.990. The first-order valence-electron chi connectivity index (χ1n) is 7.55. The number of nitrogens with one attached hydrogen (secondary N) is 1. The molecule has 2 aromatic rings. The van der Waals surface area contributed by atoms with Crippen molar-refractivity contribution < 1.29 is 4.74 Å². The van der Waals surface area contributed by atoms with Crippen molar-refractivity contribution in [3.05, 3.63) is 30.6 Å². The molecule has 5 heteroatoms. The first-order chi connectivity index (χ1) is 10.4. The second-order valence-corrected chi connectivity index (χ2v) is 5.45. The number of rotatable bonds is 6. The molecule has 1 saturated heterocycles. The zero-order valence-corrected chi connectivity index (χ0v) is 12.5. The van der Waals surface area contributed by atoms with E-state index in [1.165, 1.54) is 12.8 Å². The first kappa shape index (κ1) is 14.2. The normalized spacial score (nSPS) is 18.2. The fourth-order valence-electron chi connectivity index (χ4n) is 2.91. The van der Waals surface area contributed by atoms with Crippen LogP contribution in [0.3, 0.4) is 0 Å². The highest BCUT2D eigenvalue weighted by Crippen LogP contribution is 2.23. The number of nitrogens with zero attached hydrogens (tertiary/aromatic N) is 3. The Morgan fingerprint density at radius 1 is 1.33 bits per heavy atom. The third-order valence-electron chi connectivity index (χ3n) is 3.99. The van der Waals surface area contributed by atoms with Gasteiger partial charge in [-0.2, -0.15) is 0 Å². The van der Waals surface area contributed by atoms with E-state index < -0.39 is 0 Å². The maximum absolute atomic E-state index is 5.26. The van der Waals surface area contributed by atoms with Crippen LogP contribution in [0.2, 0.25) is 0 Å². The van der Waals surface area contributed by atoms with Crippen molar-refractivity contribution in [3.63, 3.8) is 0 Å². The first-order valence-corrected chi connectivity index (χ1v) is 7.55. The molecular formula is C16H22N4O. The minimum absolute atomic E-state index is 0.538. The summed E-state index contributed by atoms with van der Waals surface area (Å²) in [5.74, 6) is 1.01. The predicted molar refractivity (Wildman–Crippen MR) is 84.7 cm³/mol. The second kappa shape index (κ2) is 6.83. The number of anilines is 1. The van der Waals surface area contributed by atoms with Gasteiger partial charge in [0.2, 0.25) is 0 Å². The Hall–Kier alpha value is -1.72. The number of para-hydroxylation sites is 1. The Morgan fingerprint density at radius 3 is 3.05 bits per heavy atom. The van der Waals surface area contributed by atoms with Crippen molar-refractivity contribution in [1.82, 2.24) is 15.3 Å². The molecule has 0 saturated carbocycles. The molecule has 1 unspecified atom stereocenters. The molecule has 2 heterocycles. The maximum Gasteiger partial charge on any atom is 0.140 e. The van der Waals surface area contributed by atoms with Crippen molar-refractivity contribution in [2.75, 3.05) is 38.3 Å². The molecule has 0 amide bonds. The molecular weight excluding hydrogens is 264 g/mol. The van der Waals surface area contributed by atoms with Gasteiger partial charge >= 0.3 is 0 Å². The molecule has 3 rings (SSSR count). The highest BCUT2D eigenvalue weighted by molar-refractivity contribution is 5.89.